The fourth-order valence-corrected chi connectivity index (χ4v) is 6.97. The normalized spacial score (nSPS) is 12.7. The van der Waals surface area contributed by atoms with E-state index in [1.54, 1.807) is 0 Å². The minimum absolute atomic E-state index is 0. The molecular formula is C47H90ClNO4. The van der Waals surface area contributed by atoms with Gasteiger partial charge in [0.15, 0.2) is 0 Å². The monoisotopic (exact) mass is 768 g/mol. The standard InChI is InChI=1S/C47H89NO4.ClH/c1-5-7-9-11-13-15-17-19-21-23-25-27-29-31-36-50-41-46(42-51-40-44-34-33-35-45(38-44)47(49)39-48-43(3)4)52-37-32-30-28-26-24-22-20-18-16-14-12-10-8-6-2;/h33-35,38,43,46-49H,5-32,36-37,39-42H2,1-4H3;1H. The molecule has 0 saturated carbocycles. The zero-order valence-electron chi connectivity index (χ0n) is 35.7. The van der Waals surface area contributed by atoms with Crippen molar-refractivity contribution in [1.82, 2.24) is 5.32 Å². The number of nitrogens with one attached hydrogen (secondary N) is 1. The molecule has 0 fully saturated rings. The van der Waals surface area contributed by atoms with Crippen LogP contribution in [0, 0.1) is 0 Å². The summed E-state index contributed by atoms with van der Waals surface area (Å²) < 4.78 is 18.6. The molecule has 53 heavy (non-hydrogen) atoms. The molecule has 0 saturated heterocycles. The number of unbranched alkanes of at least 4 members (excludes halogenated alkanes) is 26. The molecule has 0 spiro atoms. The first-order valence-electron chi connectivity index (χ1n) is 22.8. The van der Waals surface area contributed by atoms with Crippen LogP contribution in [0.4, 0.5) is 0 Å². The van der Waals surface area contributed by atoms with Gasteiger partial charge in [-0.25, -0.2) is 0 Å². The molecule has 2 unspecified atom stereocenters. The van der Waals surface area contributed by atoms with Crippen LogP contribution in [0.25, 0.3) is 0 Å². The van der Waals surface area contributed by atoms with E-state index in [1.165, 1.54) is 167 Å². The molecule has 2 N–H and O–H groups in total. The van der Waals surface area contributed by atoms with Gasteiger partial charge in [0.05, 0.1) is 25.9 Å². The molecule has 0 amide bonds. The number of rotatable bonds is 41. The summed E-state index contributed by atoms with van der Waals surface area (Å²) in [5.41, 5.74) is 2.01. The van der Waals surface area contributed by atoms with Crippen LogP contribution in [-0.4, -0.2) is 50.2 Å². The Morgan fingerprint density at radius 1 is 0.547 bits per heavy atom. The smallest absolute Gasteiger partial charge is 0.104 e. The van der Waals surface area contributed by atoms with Crippen molar-refractivity contribution in [1.29, 1.82) is 0 Å². The van der Waals surface area contributed by atoms with Crippen LogP contribution in [0.5, 0.6) is 0 Å². The van der Waals surface area contributed by atoms with Crippen LogP contribution in [0.1, 0.15) is 225 Å². The first kappa shape index (κ1) is 52.3. The molecule has 5 nitrogen and oxygen atoms in total. The van der Waals surface area contributed by atoms with Crippen molar-refractivity contribution in [3.8, 4) is 0 Å². The molecule has 6 heteroatoms. The van der Waals surface area contributed by atoms with Crippen LogP contribution >= 0.6 is 12.4 Å². The minimum atomic E-state index is -0.521. The lowest BCUT2D eigenvalue weighted by Gasteiger charge is -2.19. The molecular weight excluding hydrogens is 678 g/mol. The third kappa shape index (κ3) is 35.5. The molecule has 0 aliphatic carbocycles. The summed E-state index contributed by atoms with van der Waals surface area (Å²) in [7, 11) is 0. The van der Waals surface area contributed by atoms with Gasteiger partial charge in [0.1, 0.15) is 6.10 Å². The van der Waals surface area contributed by atoms with E-state index < -0.39 is 6.10 Å². The van der Waals surface area contributed by atoms with Crippen molar-refractivity contribution in [2.45, 2.75) is 232 Å². The number of hydrogen-bond acceptors (Lipinski definition) is 5. The number of hydrogen-bond donors (Lipinski definition) is 2. The second kappa shape index (κ2) is 41.0. The van der Waals surface area contributed by atoms with Crippen molar-refractivity contribution in [3.05, 3.63) is 35.4 Å². The number of halogens is 1. The lowest BCUT2D eigenvalue weighted by atomic mass is 10.0. The van der Waals surface area contributed by atoms with Gasteiger partial charge in [-0.3, -0.25) is 0 Å². The molecule has 1 aromatic rings. The zero-order chi connectivity index (χ0) is 37.6. The first-order chi connectivity index (χ1) is 25.6. The molecule has 314 valence electrons. The van der Waals surface area contributed by atoms with E-state index in [1.807, 2.05) is 12.1 Å². The molecule has 2 atom stereocenters. The maximum Gasteiger partial charge on any atom is 0.104 e. The van der Waals surface area contributed by atoms with E-state index in [0.29, 0.717) is 32.4 Å². The SMILES string of the molecule is CCCCCCCCCCCCCCCCOCC(COCc1cccc(C(O)CNC(C)C)c1)OCCCCCCCCCCCCCCCC.Cl. The van der Waals surface area contributed by atoms with E-state index in [4.69, 9.17) is 14.2 Å². The fraction of sp³-hybridized carbons (Fsp3) is 0.872. The van der Waals surface area contributed by atoms with E-state index in [9.17, 15) is 5.11 Å². The molecule has 0 bridgehead atoms. The van der Waals surface area contributed by atoms with E-state index in [2.05, 4.69) is 45.1 Å². The summed E-state index contributed by atoms with van der Waals surface area (Å²) in [6, 6.07) is 8.48. The lowest BCUT2D eigenvalue weighted by molar-refractivity contribution is -0.0645. The van der Waals surface area contributed by atoms with Gasteiger partial charge in [-0.15, -0.1) is 12.4 Å². The summed E-state index contributed by atoms with van der Waals surface area (Å²) in [5.74, 6) is 0. The Kier molecular flexibility index (Phi) is 40.4. The Morgan fingerprint density at radius 2 is 0.962 bits per heavy atom. The van der Waals surface area contributed by atoms with Gasteiger partial charge >= 0.3 is 0 Å². The summed E-state index contributed by atoms with van der Waals surface area (Å²) >= 11 is 0. The van der Waals surface area contributed by atoms with Crippen LogP contribution < -0.4 is 5.32 Å². The van der Waals surface area contributed by atoms with E-state index >= 15 is 0 Å². The molecule has 0 aliphatic rings. The summed E-state index contributed by atoms with van der Waals surface area (Å²) in [4.78, 5) is 0. The summed E-state index contributed by atoms with van der Waals surface area (Å²) in [5, 5.41) is 13.9. The zero-order valence-corrected chi connectivity index (χ0v) is 36.5. The number of benzene rings is 1. The molecule has 0 aliphatic heterocycles. The van der Waals surface area contributed by atoms with Gasteiger partial charge in [-0.2, -0.15) is 0 Å². The highest BCUT2D eigenvalue weighted by Crippen LogP contribution is 2.17. The van der Waals surface area contributed by atoms with Crippen LogP contribution in [-0.2, 0) is 20.8 Å². The fourth-order valence-electron chi connectivity index (χ4n) is 6.97. The van der Waals surface area contributed by atoms with Gasteiger partial charge in [0.25, 0.3) is 0 Å². The predicted molar refractivity (Wildman–Crippen MR) is 233 cm³/mol. The number of aliphatic hydroxyl groups is 1. The summed E-state index contributed by atoms with van der Waals surface area (Å²) in [6.07, 6.45) is 37.8. The Labute approximate surface area is 336 Å². The molecule has 0 heterocycles. The summed E-state index contributed by atoms with van der Waals surface area (Å²) in [6.45, 7) is 12.5. The Balaban J connectivity index is 0.0000270. The van der Waals surface area contributed by atoms with Crippen molar-refractivity contribution < 1.29 is 19.3 Å². The van der Waals surface area contributed by atoms with Gasteiger partial charge in [-0.1, -0.05) is 219 Å². The van der Waals surface area contributed by atoms with Crippen LogP contribution in [0.3, 0.4) is 0 Å². The lowest BCUT2D eigenvalue weighted by Crippen LogP contribution is -2.28. The Hall–Kier alpha value is -0.690. The predicted octanol–water partition coefficient (Wildman–Crippen LogP) is 14.0. The molecule has 1 rings (SSSR count). The van der Waals surface area contributed by atoms with Gasteiger partial charge in [0, 0.05) is 25.8 Å². The van der Waals surface area contributed by atoms with Crippen molar-refractivity contribution >= 4 is 12.4 Å². The highest BCUT2D eigenvalue weighted by Gasteiger charge is 2.12. The second-order valence-corrected chi connectivity index (χ2v) is 16.1. The van der Waals surface area contributed by atoms with Crippen molar-refractivity contribution in [2.24, 2.45) is 0 Å². The Morgan fingerprint density at radius 3 is 1.42 bits per heavy atom. The Bertz CT molecular complexity index is 856. The second-order valence-electron chi connectivity index (χ2n) is 16.1. The molecule has 0 aromatic heterocycles. The number of aliphatic hydroxyl groups excluding tert-OH is 1. The first-order valence-corrected chi connectivity index (χ1v) is 22.8. The molecule has 0 radical (unpaired) electrons. The average Bonchev–Trinajstić information content (AvgIpc) is 3.15. The largest absolute Gasteiger partial charge is 0.387 e. The van der Waals surface area contributed by atoms with E-state index in [-0.39, 0.29) is 18.5 Å². The highest BCUT2D eigenvalue weighted by atomic mass is 35.5. The molecule has 1 aromatic carbocycles. The van der Waals surface area contributed by atoms with Crippen molar-refractivity contribution in [3.63, 3.8) is 0 Å². The van der Waals surface area contributed by atoms with Gasteiger partial charge < -0.3 is 24.6 Å². The third-order valence-electron chi connectivity index (χ3n) is 10.4. The maximum atomic E-state index is 10.6. The maximum absolute atomic E-state index is 10.6. The van der Waals surface area contributed by atoms with Crippen LogP contribution in [0.15, 0.2) is 24.3 Å². The van der Waals surface area contributed by atoms with Crippen LogP contribution in [0.2, 0.25) is 0 Å². The highest BCUT2D eigenvalue weighted by molar-refractivity contribution is 5.85. The number of ether oxygens (including phenoxy) is 3. The third-order valence-corrected chi connectivity index (χ3v) is 10.4. The van der Waals surface area contributed by atoms with E-state index in [0.717, 1.165) is 37.2 Å². The van der Waals surface area contributed by atoms with Gasteiger partial charge in [-0.05, 0) is 24.0 Å². The topological polar surface area (TPSA) is 60.0 Å². The van der Waals surface area contributed by atoms with Crippen molar-refractivity contribution in [2.75, 3.05) is 33.0 Å². The van der Waals surface area contributed by atoms with Gasteiger partial charge in [0.2, 0.25) is 0 Å². The quantitative estimate of drug-likeness (QED) is 0.0650. The minimum Gasteiger partial charge on any atom is -0.387 e. The average molecular weight is 769 g/mol.